The maximum absolute atomic E-state index is 5.05. The van der Waals surface area contributed by atoms with Gasteiger partial charge in [-0.2, -0.15) is 0 Å². The smallest absolute Gasteiger partial charge is 0.182 e. The van der Waals surface area contributed by atoms with Crippen LogP contribution in [0.4, 0.5) is 0 Å². The molecule has 0 saturated heterocycles. The molecule has 10 heteroatoms. The van der Waals surface area contributed by atoms with Crippen LogP contribution in [-0.4, -0.2) is 53.3 Å². The summed E-state index contributed by atoms with van der Waals surface area (Å²) < 4.78 is 0. The van der Waals surface area contributed by atoms with E-state index in [1.54, 1.807) is 24.8 Å². The lowest BCUT2D eigenvalue weighted by molar-refractivity contribution is 0.768. The first kappa shape index (κ1) is 37.7. The van der Waals surface area contributed by atoms with Crippen LogP contribution in [0.2, 0.25) is 0 Å². The van der Waals surface area contributed by atoms with Gasteiger partial charge in [0.05, 0.1) is 17.7 Å². The zero-order valence-electron chi connectivity index (χ0n) is 33.4. The van der Waals surface area contributed by atoms with E-state index < -0.39 is 5.41 Å². The van der Waals surface area contributed by atoms with Crippen LogP contribution in [0.15, 0.2) is 210 Å². The van der Waals surface area contributed by atoms with Crippen molar-refractivity contribution in [2.75, 3.05) is 0 Å². The quantitative estimate of drug-likeness (QED) is 0.105. The number of amidine groups is 2. The molecule has 1 aliphatic rings. The number of benzene rings is 4. The Bertz CT molecular complexity index is 2990. The molecule has 0 unspecified atom stereocenters. The van der Waals surface area contributed by atoms with Gasteiger partial charge in [0.25, 0.3) is 0 Å². The first-order valence-corrected chi connectivity index (χ1v) is 20.1. The fourth-order valence-corrected chi connectivity index (χ4v) is 8.10. The summed E-state index contributed by atoms with van der Waals surface area (Å²) in [5.74, 6) is 2.27. The highest BCUT2D eigenvalue weighted by atomic mass is 15.1. The molecule has 0 radical (unpaired) electrons. The monoisotopic (exact) mass is 800 g/mol. The molecule has 294 valence electrons. The Hall–Kier alpha value is -8.50. The minimum Gasteiger partial charge on any atom is -0.259 e. The van der Waals surface area contributed by atoms with E-state index in [-0.39, 0.29) is 0 Å². The van der Waals surface area contributed by atoms with Gasteiger partial charge >= 0.3 is 0 Å². The van der Waals surface area contributed by atoms with Gasteiger partial charge < -0.3 is 0 Å². The Balaban J connectivity index is 1.18. The fraction of sp³-hybridized carbons (Fsp3) is 0.0385. The number of nitrogens with zero attached hydrogens (tertiary/aromatic N) is 10. The first-order valence-electron chi connectivity index (χ1n) is 20.1. The highest BCUT2D eigenvalue weighted by Gasteiger charge is 2.46. The van der Waals surface area contributed by atoms with Gasteiger partial charge in [0.2, 0.25) is 0 Å². The zero-order chi connectivity index (χ0) is 41.7. The van der Waals surface area contributed by atoms with Gasteiger partial charge in [0.15, 0.2) is 29.1 Å². The summed E-state index contributed by atoms with van der Waals surface area (Å²) >= 11 is 0. The number of aliphatic imine (C=N–C) groups is 3. The van der Waals surface area contributed by atoms with Gasteiger partial charge in [-0.25, -0.2) is 24.9 Å². The average Bonchev–Trinajstić information content (AvgIpc) is 3.65. The van der Waals surface area contributed by atoms with Crippen molar-refractivity contribution in [3.8, 4) is 45.6 Å². The lowest BCUT2D eigenvalue weighted by Crippen LogP contribution is -2.29. The number of rotatable bonds is 9. The van der Waals surface area contributed by atoms with Crippen LogP contribution in [-0.2, 0) is 12.0 Å². The molecule has 0 atom stereocenters. The Morgan fingerprint density at radius 3 is 1.60 bits per heavy atom. The predicted octanol–water partition coefficient (Wildman–Crippen LogP) is 9.91. The Labute approximate surface area is 358 Å². The standard InChI is InChI=1S/C52H36N10/c1-53-47(59-49(44-21-9-13-29-55-44)58-34-39-20-8-12-28-54-39)35-24-26-40-41-27-25-36(48-60-50(45-22-10-14-30-56-45)62-51(61-48)46-23-11-15-31-57-46)33-43(41)52(42(40)32-35,37-16-4-2-5-17-37)38-18-6-3-7-19-38/h2-33H,1,34H2. The number of hydrogen-bond donors (Lipinski definition) is 0. The van der Waals surface area contributed by atoms with E-state index in [0.29, 0.717) is 52.8 Å². The summed E-state index contributed by atoms with van der Waals surface area (Å²) in [5, 5.41) is 0. The van der Waals surface area contributed by atoms with Gasteiger partial charge in [-0.3, -0.25) is 24.9 Å². The number of fused-ring (bicyclic) bond motifs is 3. The topological polar surface area (TPSA) is 127 Å². The summed E-state index contributed by atoms with van der Waals surface area (Å²) in [4.78, 5) is 47.6. The van der Waals surface area contributed by atoms with Gasteiger partial charge in [0, 0.05) is 35.9 Å². The summed E-state index contributed by atoms with van der Waals surface area (Å²) in [5.41, 5.74) is 10.0. The van der Waals surface area contributed by atoms with E-state index in [9.17, 15) is 0 Å². The second-order valence-electron chi connectivity index (χ2n) is 14.5. The van der Waals surface area contributed by atoms with Crippen molar-refractivity contribution in [1.82, 2.24) is 34.9 Å². The lowest BCUT2D eigenvalue weighted by atomic mass is 9.67. The van der Waals surface area contributed by atoms with Crippen molar-refractivity contribution in [2.24, 2.45) is 15.0 Å². The van der Waals surface area contributed by atoms with E-state index in [1.807, 2.05) is 84.9 Å². The Morgan fingerprint density at radius 1 is 0.484 bits per heavy atom. The molecule has 10 rings (SSSR count). The number of hydrogen-bond acceptors (Lipinski definition) is 8. The van der Waals surface area contributed by atoms with Crippen LogP contribution in [0, 0.1) is 0 Å². The number of aromatic nitrogens is 7. The van der Waals surface area contributed by atoms with Crippen LogP contribution < -0.4 is 0 Å². The van der Waals surface area contributed by atoms with Crippen molar-refractivity contribution in [1.29, 1.82) is 0 Å². The van der Waals surface area contributed by atoms with Crippen LogP contribution in [0.3, 0.4) is 0 Å². The van der Waals surface area contributed by atoms with Gasteiger partial charge in [0.1, 0.15) is 17.1 Å². The molecular weight excluding hydrogens is 765 g/mol. The Morgan fingerprint density at radius 2 is 1.03 bits per heavy atom. The van der Waals surface area contributed by atoms with Gasteiger partial charge in [-0.05, 0) is 101 Å². The van der Waals surface area contributed by atoms with E-state index in [0.717, 1.165) is 50.2 Å². The molecule has 0 bridgehead atoms. The van der Waals surface area contributed by atoms with Crippen molar-refractivity contribution in [3.63, 3.8) is 0 Å². The SMILES string of the molecule is C=NC(=NC(=NCc1ccccn1)c1ccccn1)c1ccc2c(c1)C(c1ccccc1)(c1ccccc1)c1cc(-c3nc(-c4ccccn4)nc(-c4ccccn4)n3)ccc1-2. The Kier molecular flexibility index (Phi) is 10.1. The van der Waals surface area contributed by atoms with Crippen molar-refractivity contribution >= 4 is 18.4 Å². The van der Waals surface area contributed by atoms with E-state index in [2.05, 4.69) is 117 Å². The summed E-state index contributed by atoms with van der Waals surface area (Å²) in [7, 11) is 0. The van der Waals surface area contributed by atoms with Crippen LogP contribution >= 0.6 is 0 Å². The predicted molar refractivity (Wildman–Crippen MR) is 244 cm³/mol. The van der Waals surface area contributed by atoms with Crippen LogP contribution in [0.25, 0.3) is 45.6 Å². The largest absolute Gasteiger partial charge is 0.259 e. The fourth-order valence-electron chi connectivity index (χ4n) is 8.10. The third kappa shape index (κ3) is 7.05. The molecule has 0 spiro atoms. The van der Waals surface area contributed by atoms with E-state index in [1.165, 1.54) is 0 Å². The highest BCUT2D eigenvalue weighted by molar-refractivity contribution is 6.12. The minimum absolute atomic E-state index is 0.321. The molecule has 1 aliphatic carbocycles. The summed E-state index contributed by atoms with van der Waals surface area (Å²) in [6.07, 6.45) is 6.96. The van der Waals surface area contributed by atoms with Crippen molar-refractivity contribution in [3.05, 3.63) is 234 Å². The molecule has 5 heterocycles. The molecule has 0 fully saturated rings. The maximum Gasteiger partial charge on any atom is 0.182 e. The molecule has 62 heavy (non-hydrogen) atoms. The molecule has 0 saturated carbocycles. The van der Waals surface area contributed by atoms with Gasteiger partial charge in [-0.1, -0.05) is 109 Å². The minimum atomic E-state index is -0.775. The normalized spacial score (nSPS) is 13.0. The molecule has 0 aliphatic heterocycles. The second-order valence-corrected chi connectivity index (χ2v) is 14.5. The van der Waals surface area contributed by atoms with E-state index >= 15 is 0 Å². The maximum atomic E-state index is 5.05. The van der Waals surface area contributed by atoms with Crippen molar-refractivity contribution in [2.45, 2.75) is 12.0 Å². The molecule has 5 aromatic heterocycles. The van der Waals surface area contributed by atoms with Crippen LogP contribution in [0.1, 0.15) is 39.2 Å². The second kappa shape index (κ2) is 16.6. The molecule has 10 nitrogen and oxygen atoms in total. The van der Waals surface area contributed by atoms with Crippen molar-refractivity contribution < 1.29 is 0 Å². The zero-order valence-corrected chi connectivity index (χ0v) is 33.4. The average molecular weight is 801 g/mol. The lowest BCUT2D eigenvalue weighted by Gasteiger charge is -2.34. The van der Waals surface area contributed by atoms with Gasteiger partial charge in [-0.15, -0.1) is 0 Å². The molecular formula is C52H36N10. The van der Waals surface area contributed by atoms with Crippen LogP contribution in [0.5, 0.6) is 0 Å². The number of pyridine rings is 4. The molecule has 9 aromatic rings. The highest BCUT2D eigenvalue weighted by Crippen LogP contribution is 2.57. The summed E-state index contributed by atoms with van der Waals surface area (Å²) in [6.45, 7) is 4.32. The third-order valence-corrected chi connectivity index (χ3v) is 10.9. The summed E-state index contributed by atoms with van der Waals surface area (Å²) in [6, 6.07) is 56.9. The molecule has 0 N–H and O–H groups in total. The van der Waals surface area contributed by atoms with E-state index in [4.69, 9.17) is 24.9 Å². The molecule has 0 amide bonds. The molecule has 4 aromatic carbocycles. The first-order chi connectivity index (χ1) is 30.7. The third-order valence-electron chi connectivity index (χ3n) is 10.9.